The minimum atomic E-state index is -0.156. The van der Waals surface area contributed by atoms with Crippen LogP contribution in [0.5, 0.6) is 0 Å². The number of hydrogen-bond donors (Lipinski definition) is 2. The molecule has 2 heterocycles. The molecule has 5 nitrogen and oxygen atoms in total. The van der Waals surface area contributed by atoms with Crippen LogP contribution in [-0.4, -0.2) is 22.7 Å². The molecule has 1 aliphatic rings. The van der Waals surface area contributed by atoms with Gasteiger partial charge in [-0.2, -0.15) is 0 Å². The number of piperidine rings is 1. The first-order chi connectivity index (χ1) is 9.25. The second-order valence-corrected chi connectivity index (χ2v) is 5.21. The molecule has 1 fully saturated rings. The van der Waals surface area contributed by atoms with Crippen molar-refractivity contribution in [2.45, 2.75) is 25.8 Å². The number of likely N-dealkylation sites (tertiary alicyclic amines) is 1. The third-order valence-electron chi connectivity index (χ3n) is 3.85. The van der Waals surface area contributed by atoms with E-state index in [0.29, 0.717) is 11.2 Å². The molecule has 5 heteroatoms. The van der Waals surface area contributed by atoms with Crippen LogP contribution in [0.25, 0.3) is 10.9 Å². The summed E-state index contributed by atoms with van der Waals surface area (Å²) in [4.78, 5) is 18.2. The first kappa shape index (κ1) is 12.2. The van der Waals surface area contributed by atoms with Crippen LogP contribution in [0, 0.1) is 0 Å². The highest BCUT2D eigenvalue weighted by atomic mass is 16.1. The summed E-state index contributed by atoms with van der Waals surface area (Å²) in [7, 11) is 0. The Bertz CT molecular complexity index is 643. The molecular weight excluding hydrogens is 240 g/mol. The topological polar surface area (TPSA) is 65.3 Å². The van der Waals surface area contributed by atoms with E-state index in [1.54, 1.807) is 6.07 Å². The molecule has 0 unspecified atom stereocenters. The maximum Gasteiger partial charge on any atom is 0.279 e. The Kier molecular flexibility index (Phi) is 3.21. The number of nitrogens with two attached hydrogens (primary N) is 1. The number of para-hydroxylation sites is 1. The van der Waals surface area contributed by atoms with Crippen molar-refractivity contribution >= 4 is 10.9 Å². The van der Waals surface area contributed by atoms with Crippen molar-refractivity contribution in [3.63, 3.8) is 0 Å². The van der Waals surface area contributed by atoms with Gasteiger partial charge in [0.05, 0.1) is 24.0 Å². The van der Waals surface area contributed by atoms with Crippen LogP contribution in [0.4, 0.5) is 0 Å². The summed E-state index contributed by atoms with van der Waals surface area (Å²) in [5, 5.41) is 0.586. The zero-order valence-electron chi connectivity index (χ0n) is 10.9. The van der Waals surface area contributed by atoms with Crippen molar-refractivity contribution in [3.05, 3.63) is 40.4 Å². The molecule has 3 N–H and O–H groups in total. The molecular formula is C14H19N4O+. The van der Waals surface area contributed by atoms with E-state index in [9.17, 15) is 4.79 Å². The SMILES string of the molecule is Nn1c(C[NH+]2CCCCC2)nc2ccccc2c1=O. The van der Waals surface area contributed by atoms with Gasteiger partial charge in [0.25, 0.3) is 5.56 Å². The fraction of sp³-hybridized carbons (Fsp3) is 0.429. The summed E-state index contributed by atoms with van der Waals surface area (Å²) < 4.78 is 1.21. The number of quaternary nitrogens is 1. The molecule has 0 radical (unpaired) electrons. The summed E-state index contributed by atoms with van der Waals surface area (Å²) in [6, 6.07) is 7.37. The Labute approximate surface area is 111 Å². The highest BCUT2D eigenvalue weighted by molar-refractivity contribution is 5.77. The lowest BCUT2D eigenvalue weighted by atomic mass is 10.1. The number of rotatable bonds is 2. The number of aromatic nitrogens is 2. The van der Waals surface area contributed by atoms with Gasteiger partial charge in [-0.1, -0.05) is 12.1 Å². The average molecular weight is 259 g/mol. The molecule has 2 aromatic rings. The molecule has 0 amide bonds. The van der Waals surface area contributed by atoms with Crippen LogP contribution >= 0.6 is 0 Å². The molecule has 1 saturated heterocycles. The predicted molar refractivity (Wildman–Crippen MR) is 74.4 cm³/mol. The van der Waals surface area contributed by atoms with Crippen LogP contribution in [-0.2, 0) is 6.54 Å². The molecule has 0 atom stereocenters. The van der Waals surface area contributed by atoms with Gasteiger partial charge >= 0.3 is 0 Å². The molecule has 1 aromatic heterocycles. The quantitative estimate of drug-likeness (QED) is 0.726. The van der Waals surface area contributed by atoms with Crippen molar-refractivity contribution < 1.29 is 4.90 Å². The molecule has 100 valence electrons. The predicted octanol–water partition coefficient (Wildman–Crippen LogP) is -0.321. The Morgan fingerprint density at radius 3 is 2.74 bits per heavy atom. The lowest BCUT2D eigenvalue weighted by Gasteiger charge is -2.23. The van der Waals surface area contributed by atoms with E-state index in [-0.39, 0.29) is 5.56 Å². The lowest BCUT2D eigenvalue weighted by Crippen LogP contribution is -3.11. The van der Waals surface area contributed by atoms with Crippen LogP contribution in [0.15, 0.2) is 29.1 Å². The maximum absolute atomic E-state index is 12.2. The van der Waals surface area contributed by atoms with Crippen LogP contribution in [0.3, 0.4) is 0 Å². The van der Waals surface area contributed by atoms with Crippen LogP contribution in [0.1, 0.15) is 25.1 Å². The van der Waals surface area contributed by atoms with Crippen molar-refractivity contribution in [2.75, 3.05) is 18.9 Å². The van der Waals surface area contributed by atoms with Gasteiger partial charge in [-0.3, -0.25) is 4.79 Å². The smallest absolute Gasteiger partial charge is 0.279 e. The first-order valence-electron chi connectivity index (χ1n) is 6.85. The highest BCUT2D eigenvalue weighted by Gasteiger charge is 2.17. The normalized spacial score (nSPS) is 16.8. The van der Waals surface area contributed by atoms with Crippen molar-refractivity contribution in [1.82, 2.24) is 9.66 Å². The Morgan fingerprint density at radius 1 is 1.21 bits per heavy atom. The van der Waals surface area contributed by atoms with Gasteiger partial charge in [0.1, 0.15) is 6.54 Å². The molecule has 3 rings (SSSR count). The molecule has 0 spiro atoms. The highest BCUT2D eigenvalue weighted by Crippen LogP contribution is 2.06. The Hall–Kier alpha value is -1.88. The summed E-state index contributed by atoms with van der Waals surface area (Å²) in [5.41, 5.74) is 0.581. The number of nitrogen functional groups attached to an aromatic ring is 1. The van der Waals surface area contributed by atoms with E-state index in [4.69, 9.17) is 5.84 Å². The summed E-state index contributed by atoms with van der Waals surface area (Å²) >= 11 is 0. The monoisotopic (exact) mass is 259 g/mol. The summed E-state index contributed by atoms with van der Waals surface area (Å²) in [6.07, 6.45) is 3.81. The molecule has 0 aliphatic carbocycles. The minimum Gasteiger partial charge on any atom is -0.335 e. The van der Waals surface area contributed by atoms with E-state index >= 15 is 0 Å². The lowest BCUT2D eigenvalue weighted by molar-refractivity contribution is -0.919. The maximum atomic E-state index is 12.2. The van der Waals surface area contributed by atoms with E-state index in [0.717, 1.165) is 25.2 Å². The molecule has 19 heavy (non-hydrogen) atoms. The third kappa shape index (κ3) is 2.33. The molecule has 0 saturated carbocycles. The van der Waals surface area contributed by atoms with Gasteiger partial charge in [0, 0.05) is 0 Å². The number of fused-ring (bicyclic) bond motifs is 1. The third-order valence-corrected chi connectivity index (χ3v) is 3.85. The first-order valence-corrected chi connectivity index (χ1v) is 6.85. The molecule has 1 aliphatic heterocycles. The fourth-order valence-corrected chi connectivity index (χ4v) is 2.77. The largest absolute Gasteiger partial charge is 0.335 e. The number of nitrogens with zero attached hydrogens (tertiary/aromatic N) is 2. The Balaban J connectivity index is 1.99. The second-order valence-electron chi connectivity index (χ2n) is 5.21. The van der Waals surface area contributed by atoms with E-state index in [2.05, 4.69) is 4.98 Å². The van der Waals surface area contributed by atoms with Gasteiger partial charge in [0.15, 0.2) is 5.82 Å². The van der Waals surface area contributed by atoms with Gasteiger partial charge in [-0.05, 0) is 31.4 Å². The van der Waals surface area contributed by atoms with Gasteiger partial charge < -0.3 is 10.7 Å². The van der Waals surface area contributed by atoms with Crippen molar-refractivity contribution in [2.24, 2.45) is 0 Å². The second kappa shape index (κ2) is 5.01. The van der Waals surface area contributed by atoms with Crippen molar-refractivity contribution in [1.29, 1.82) is 0 Å². The molecule has 1 aromatic carbocycles. The zero-order valence-corrected chi connectivity index (χ0v) is 10.9. The van der Waals surface area contributed by atoms with Gasteiger partial charge in [0.2, 0.25) is 0 Å². The van der Waals surface area contributed by atoms with Crippen LogP contribution in [0.2, 0.25) is 0 Å². The summed E-state index contributed by atoms with van der Waals surface area (Å²) in [5.74, 6) is 6.58. The van der Waals surface area contributed by atoms with E-state index < -0.39 is 0 Å². The number of hydrogen-bond acceptors (Lipinski definition) is 3. The average Bonchev–Trinajstić information content (AvgIpc) is 2.46. The Morgan fingerprint density at radius 2 is 1.95 bits per heavy atom. The van der Waals surface area contributed by atoms with Gasteiger partial charge in [-0.15, -0.1) is 0 Å². The van der Waals surface area contributed by atoms with Crippen LogP contribution < -0.4 is 16.3 Å². The van der Waals surface area contributed by atoms with Gasteiger partial charge in [-0.25, -0.2) is 9.66 Å². The fourth-order valence-electron chi connectivity index (χ4n) is 2.77. The van der Waals surface area contributed by atoms with Crippen molar-refractivity contribution in [3.8, 4) is 0 Å². The minimum absolute atomic E-state index is 0.156. The number of nitrogens with one attached hydrogen (secondary N) is 1. The number of benzene rings is 1. The van der Waals surface area contributed by atoms with E-state index in [1.807, 2.05) is 18.2 Å². The summed E-state index contributed by atoms with van der Waals surface area (Å²) in [6.45, 7) is 3.02. The van der Waals surface area contributed by atoms with E-state index in [1.165, 1.54) is 28.8 Å². The zero-order chi connectivity index (χ0) is 13.2. The standard InChI is InChI=1S/C14H18N4O/c15-18-13(10-17-8-4-1-5-9-17)16-12-7-3-2-6-11(12)14(18)19/h2-3,6-7H,1,4-5,8-10,15H2/p+1. The molecule has 0 bridgehead atoms.